The Kier molecular flexibility index (Phi) is 4.76. The van der Waals surface area contributed by atoms with Crippen molar-refractivity contribution >= 4 is 6.03 Å². The molecule has 104 valence electrons. The van der Waals surface area contributed by atoms with Crippen LogP contribution >= 0.6 is 0 Å². The third-order valence-electron chi connectivity index (χ3n) is 3.38. The number of benzene rings is 1. The van der Waals surface area contributed by atoms with Gasteiger partial charge in [0.1, 0.15) is 0 Å². The van der Waals surface area contributed by atoms with E-state index in [0.29, 0.717) is 6.61 Å². The lowest BCUT2D eigenvalue weighted by molar-refractivity contribution is 0.114. The zero-order chi connectivity index (χ0) is 13.7. The van der Waals surface area contributed by atoms with Crippen molar-refractivity contribution in [2.75, 3.05) is 13.2 Å². The van der Waals surface area contributed by atoms with Gasteiger partial charge in [0.15, 0.2) is 0 Å². The van der Waals surface area contributed by atoms with Gasteiger partial charge >= 0.3 is 6.03 Å². The fourth-order valence-corrected chi connectivity index (χ4v) is 2.21. The van der Waals surface area contributed by atoms with Crippen molar-refractivity contribution in [3.05, 3.63) is 35.9 Å². The first-order chi connectivity index (χ1) is 9.20. The Bertz CT molecular complexity index is 410. The highest BCUT2D eigenvalue weighted by molar-refractivity contribution is 5.74. The Hall–Kier alpha value is -1.59. The van der Waals surface area contributed by atoms with Gasteiger partial charge in [0.25, 0.3) is 0 Å². The van der Waals surface area contributed by atoms with Gasteiger partial charge in [-0.1, -0.05) is 30.3 Å². The summed E-state index contributed by atoms with van der Waals surface area (Å²) in [6, 6.07) is 8.79. The molecule has 0 radical (unpaired) electrons. The highest BCUT2D eigenvalue weighted by Gasteiger charge is 2.26. The van der Waals surface area contributed by atoms with Crippen LogP contribution in [0, 0.1) is 0 Å². The lowest BCUT2D eigenvalue weighted by Gasteiger charge is -2.20. The Morgan fingerprint density at radius 1 is 1.47 bits per heavy atom. The standard InChI is InChI=1S/C14H20N2O3/c1-10-12(7-8-19-10)15-14(18)16-13(9-17)11-5-3-2-4-6-11/h2-6,10,12-13,17H,7-9H2,1H3,(H2,15,16,18)/t10-,12+,13+/m0/s1. The maximum Gasteiger partial charge on any atom is 0.315 e. The first-order valence-electron chi connectivity index (χ1n) is 6.55. The quantitative estimate of drug-likeness (QED) is 0.765. The highest BCUT2D eigenvalue weighted by Crippen LogP contribution is 2.14. The molecular formula is C14H20N2O3. The molecule has 5 heteroatoms. The number of aliphatic hydroxyl groups is 1. The summed E-state index contributed by atoms with van der Waals surface area (Å²) in [7, 11) is 0. The lowest BCUT2D eigenvalue weighted by atomic mass is 10.1. The Balaban J connectivity index is 1.89. The van der Waals surface area contributed by atoms with E-state index in [0.717, 1.165) is 12.0 Å². The third kappa shape index (κ3) is 3.68. The van der Waals surface area contributed by atoms with E-state index < -0.39 is 0 Å². The number of amides is 2. The number of hydrogen-bond donors (Lipinski definition) is 3. The van der Waals surface area contributed by atoms with Crippen molar-refractivity contribution in [3.8, 4) is 0 Å². The summed E-state index contributed by atoms with van der Waals surface area (Å²) in [5, 5.41) is 15.0. The molecule has 0 aliphatic carbocycles. The number of carbonyl (C=O) groups is 1. The van der Waals surface area contributed by atoms with Gasteiger partial charge in [-0.25, -0.2) is 4.79 Å². The summed E-state index contributed by atoms with van der Waals surface area (Å²) < 4.78 is 5.39. The summed E-state index contributed by atoms with van der Waals surface area (Å²) in [6.07, 6.45) is 0.860. The van der Waals surface area contributed by atoms with Crippen LogP contribution in [0.3, 0.4) is 0 Å². The molecule has 3 N–H and O–H groups in total. The van der Waals surface area contributed by atoms with Crippen LogP contribution in [0.1, 0.15) is 24.9 Å². The van der Waals surface area contributed by atoms with Crippen LogP contribution in [-0.4, -0.2) is 36.5 Å². The fraction of sp³-hybridized carbons (Fsp3) is 0.500. The van der Waals surface area contributed by atoms with Gasteiger partial charge < -0.3 is 20.5 Å². The minimum Gasteiger partial charge on any atom is -0.394 e. The maximum atomic E-state index is 11.9. The van der Waals surface area contributed by atoms with Crippen molar-refractivity contribution in [3.63, 3.8) is 0 Å². The lowest BCUT2D eigenvalue weighted by Crippen LogP contribution is -2.46. The summed E-state index contributed by atoms with van der Waals surface area (Å²) in [5.41, 5.74) is 0.885. The van der Waals surface area contributed by atoms with Crippen LogP contribution in [0.15, 0.2) is 30.3 Å². The second-order valence-electron chi connectivity index (χ2n) is 4.73. The Labute approximate surface area is 113 Å². The van der Waals surface area contributed by atoms with Gasteiger partial charge in [0.2, 0.25) is 0 Å². The molecule has 1 saturated heterocycles. The molecular weight excluding hydrogens is 244 g/mol. The molecule has 2 amide bonds. The van der Waals surface area contributed by atoms with Crippen molar-refractivity contribution in [1.29, 1.82) is 0 Å². The van der Waals surface area contributed by atoms with Gasteiger partial charge in [-0.15, -0.1) is 0 Å². The summed E-state index contributed by atoms with van der Waals surface area (Å²) in [4.78, 5) is 11.9. The van der Waals surface area contributed by atoms with Gasteiger partial charge in [0.05, 0.1) is 24.8 Å². The van der Waals surface area contributed by atoms with E-state index >= 15 is 0 Å². The first-order valence-corrected chi connectivity index (χ1v) is 6.55. The topological polar surface area (TPSA) is 70.6 Å². The molecule has 0 unspecified atom stereocenters. The van der Waals surface area contributed by atoms with Crippen LogP contribution in [0.25, 0.3) is 0 Å². The number of ether oxygens (including phenoxy) is 1. The number of aliphatic hydroxyl groups excluding tert-OH is 1. The van der Waals surface area contributed by atoms with Gasteiger partial charge in [-0.05, 0) is 18.9 Å². The zero-order valence-corrected chi connectivity index (χ0v) is 11.0. The molecule has 2 rings (SSSR count). The summed E-state index contributed by atoms with van der Waals surface area (Å²) >= 11 is 0. The summed E-state index contributed by atoms with van der Waals surface area (Å²) in [5.74, 6) is 0. The molecule has 0 spiro atoms. The number of carbonyl (C=O) groups excluding carboxylic acids is 1. The van der Waals surface area contributed by atoms with E-state index in [1.165, 1.54) is 0 Å². The molecule has 1 aliphatic rings. The second kappa shape index (κ2) is 6.54. The zero-order valence-electron chi connectivity index (χ0n) is 11.0. The minimum atomic E-state index is -0.390. The fourth-order valence-electron chi connectivity index (χ4n) is 2.21. The summed E-state index contributed by atoms with van der Waals surface area (Å²) in [6.45, 7) is 2.49. The van der Waals surface area contributed by atoms with E-state index in [9.17, 15) is 9.90 Å². The van der Waals surface area contributed by atoms with Crippen molar-refractivity contribution in [2.45, 2.75) is 31.5 Å². The van der Waals surface area contributed by atoms with Gasteiger partial charge in [-0.2, -0.15) is 0 Å². The molecule has 1 heterocycles. The van der Waals surface area contributed by atoms with Crippen molar-refractivity contribution in [2.24, 2.45) is 0 Å². The smallest absolute Gasteiger partial charge is 0.315 e. The van der Waals surface area contributed by atoms with E-state index in [4.69, 9.17) is 4.74 Å². The normalized spacial score (nSPS) is 23.9. The van der Waals surface area contributed by atoms with Gasteiger partial charge in [0, 0.05) is 6.61 Å². The van der Waals surface area contributed by atoms with Crippen LogP contribution in [0.4, 0.5) is 4.79 Å². The van der Waals surface area contributed by atoms with Crippen molar-refractivity contribution in [1.82, 2.24) is 10.6 Å². The number of nitrogens with one attached hydrogen (secondary N) is 2. The van der Waals surface area contributed by atoms with Crippen LogP contribution in [-0.2, 0) is 4.74 Å². The minimum absolute atomic E-state index is 0.0371. The monoisotopic (exact) mass is 264 g/mol. The molecule has 1 aromatic rings. The third-order valence-corrected chi connectivity index (χ3v) is 3.38. The Morgan fingerprint density at radius 3 is 2.79 bits per heavy atom. The molecule has 0 bridgehead atoms. The average molecular weight is 264 g/mol. The van der Waals surface area contributed by atoms with E-state index in [1.54, 1.807) is 0 Å². The molecule has 0 aromatic heterocycles. The number of urea groups is 1. The number of hydrogen-bond acceptors (Lipinski definition) is 3. The van der Waals surface area contributed by atoms with E-state index in [2.05, 4.69) is 10.6 Å². The van der Waals surface area contributed by atoms with E-state index in [-0.39, 0.29) is 30.8 Å². The predicted molar refractivity (Wildman–Crippen MR) is 71.8 cm³/mol. The molecule has 1 fully saturated rings. The first kappa shape index (κ1) is 13.8. The maximum absolute atomic E-state index is 11.9. The van der Waals surface area contributed by atoms with Crippen LogP contribution in [0.2, 0.25) is 0 Å². The second-order valence-corrected chi connectivity index (χ2v) is 4.73. The molecule has 3 atom stereocenters. The van der Waals surface area contributed by atoms with Gasteiger partial charge in [-0.3, -0.25) is 0 Å². The van der Waals surface area contributed by atoms with E-state index in [1.807, 2.05) is 37.3 Å². The highest BCUT2D eigenvalue weighted by atomic mass is 16.5. The predicted octanol–water partition coefficient (Wildman–Crippen LogP) is 1.20. The average Bonchev–Trinajstić information content (AvgIpc) is 2.82. The molecule has 1 aromatic carbocycles. The molecule has 5 nitrogen and oxygen atoms in total. The largest absolute Gasteiger partial charge is 0.394 e. The van der Waals surface area contributed by atoms with Crippen LogP contribution < -0.4 is 10.6 Å². The number of rotatable bonds is 4. The molecule has 0 saturated carbocycles. The molecule has 19 heavy (non-hydrogen) atoms. The van der Waals surface area contributed by atoms with Crippen molar-refractivity contribution < 1.29 is 14.6 Å². The SMILES string of the molecule is C[C@@H]1OCC[C@H]1NC(=O)N[C@H](CO)c1ccccc1. The molecule has 1 aliphatic heterocycles. The van der Waals surface area contributed by atoms with Crippen LogP contribution in [0.5, 0.6) is 0 Å². The Morgan fingerprint density at radius 2 is 2.21 bits per heavy atom.